The lowest BCUT2D eigenvalue weighted by Gasteiger charge is -2.30. The number of likely N-dealkylation sites (tertiary alicyclic amines) is 1. The lowest BCUT2D eigenvalue weighted by Crippen LogP contribution is -2.51. The molecule has 118 valence electrons. The van der Waals surface area contributed by atoms with Crippen LogP contribution in [0.5, 0.6) is 0 Å². The van der Waals surface area contributed by atoms with E-state index in [4.69, 9.17) is 11.6 Å². The largest absolute Gasteiger partial charge is 0.344 e. The summed E-state index contributed by atoms with van der Waals surface area (Å²) < 4.78 is 0. The van der Waals surface area contributed by atoms with E-state index in [9.17, 15) is 9.59 Å². The number of benzene rings is 1. The van der Waals surface area contributed by atoms with E-state index in [1.54, 1.807) is 11.9 Å². The second-order valence-corrected chi connectivity index (χ2v) is 6.57. The lowest BCUT2D eigenvalue weighted by molar-refractivity contribution is -0.132. The molecule has 0 bridgehead atoms. The van der Waals surface area contributed by atoms with Crippen molar-refractivity contribution in [2.24, 2.45) is 0 Å². The molecule has 1 saturated heterocycles. The number of likely N-dealkylation sites (N-methyl/N-ethyl adjacent to an activating group) is 1. The van der Waals surface area contributed by atoms with Gasteiger partial charge in [-0.05, 0) is 30.5 Å². The summed E-state index contributed by atoms with van der Waals surface area (Å²) in [4.78, 5) is 25.1. The van der Waals surface area contributed by atoms with Crippen molar-refractivity contribution in [1.29, 1.82) is 0 Å². The third-order valence-electron chi connectivity index (χ3n) is 4.35. The molecule has 1 aromatic carbocycles. The number of hydrogen-bond donors (Lipinski definition) is 2. The number of nitrogens with zero attached hydrogens (tertiary/aromatic N) is 1. The topological polar surface area (TPSA) is 61.4 Å². The van der Waals surface area contributed by atoms with Crippen molar-refractivity contribution in [3.05, 3.63) is 34.9 Å². The summed E-state index contributed by atoms with van der Waals surface area (Å²) in [7, 11) is 1.77. The Bertz CT molecular complexity index is 593. The summed E-state index contributed by atoms with van der Waals surface area (Å²) in [5, 5.41) is 6.68. The Kier molecular flexibility index (Phi) is 4.25. The molecule has 5 nitrogen and oxygen atoms in total. The molecule has 2 fully saturated rings. The van der Waals surface area contributed by atoms with E-state index in [0.717, 1.165) is 11.4 Å². The van der Waals surface area contributed by atoms with Gasteiger partial charge in [0.25, 0.3) is 0 Å². The second-order valence-electron chi connectivity index (χ2n) is 6.13. The molecule has 0 unspecified atom stereocenters. The van der Waals surface area contributed by atoms with Gasteiger partial charge < -0.3 is 15.5 Å². The number of carbonyl (C=O) groups excluding carboxylic acids is 2. The Morgan fingerprint density at radius 3 is 2.91 bits per heavy atom. The van der Waals surface area contributed by atoms with Gasteiger partial charge in [-0.3, -0.25) is 4.79 Å². The molecule has 2 N–H and O–H groups in total. The maximum Gasteiger partial charge on any atom is 0.315 e. The molecule has 2 aliphatic rings. The van der Waals surface area contributed by atoms with Crippen molar-refractivity contribution >= 4 is 23.5 Å². The molecular weight excluding hydrogens is 302 g/mol. The van der Waals surface area contributed by atoms with Gasteiger partial charge in [0.15, 0.2) is 0 Å². The van der Waals surface area contributed by atoms with Crippen LogP contribution in [0.4, 0.5) is 4.79 Å². The maximum atomic E-state index is 12.0. The summed E-state index contributed by atoms with van der Waals surface area (Å²) in [6.07, 6.45) is 2.14. The standard InChI is InChI=1S/C16H20ClN3O2/c1-20-9-12(5-6-15(20)21)18-16(22)19-14-8-13(14)10-3-2-4-11(17)7-10/h2-4,7,12-14H,5-6,8-9H2,1H3,(H2,18,19,22)/t12-,13-,14+/m1/s1. The van der Waals surface area contributed by atoms with E-state index in [1.807, 2.05) is 24.3 Å². The molecule has 6 heteroatoms. The Morgan fingerprint density at radius 2 is 2.18 bits per heavy atom. The lowest BCUT2D eigenvalue weighted by atomic mass is 10.1. The Balaban J connectivity index is 1.47. The first-order valence-electron chi connectivity index (χ1n) is 7.59. The SMILES string of the molecule is CN1C[C@H](NC(=O)N[C@H]2C[C@@H]2c2cccc(Cl)c2)CCC1=O. The fraction of sp³-hybridized carbons (Fsp3) is 0.500. The highest BCUT2D eigenvalue weighted by molar-refractivity contribution is 6.30. The monoisotopic (exact) mass is 321 g/mol. The maximum absolute atomic E-state index is 12.0. The summed E-state index contributed by atoms with van der Waals surface area (Å²) >= 11 is 5.99. The van der Waals surface area contributed by atoms with Gasteiger partial charge in [0.1, 0.15) is 0 Å². The Morgan fingerprint density at radius 1 is 1.36 bits per heavy atom. The van der Waals surface area contributed by atoms with Gasteiger partial charge in [-0.2, -0.15) is 0 Å². The number of amides is 3. The van der Waals surface area contributed by atoms with Crippen LogP contribution < -0.4 is 10.6 Å². The minimum Gasteiger partial charge on any atom is -0.344 e. The Hall–Kier alpha value is -1.75. The number of halogens is 1. The van der Waals surface area contributed by atoms with Gasteiger partial charge in [-0.1, -0.05) is 23.7 Å². The van der Waals surface area contributed by atoms with Crippen LogP contribution in [0.3, 0.4) is 0 Å². The van der Waals surface area contributed by atoms with Crippen molar-refractivity contribution in [3.63, 3.8) is 0 Å². The molecule has 1 saturated carbocycles. The Labute approximate surface area is 135 Å². The van der Waals surface area contributed by atoms with Crippen LogP contribution in [0.15, 0.2) is 24.3 Å². The summed E-state index contributed by atoms with van der Waals surface area (Å²) in [5.41, 5.74) is 1.17. The number of nitrogens with one attached hydrogen (secondary N) is 2. The highest BCUT2D eigenvalue weighted by Crippen LogP contribution is 2.41. The molecular formula is C16H20ClN3O2. The van der Waals surface area contributed by atoms with Crippen LogP contribution in [0, 0.1) is 0 Å². The van der Waals surface area contributed by atoms with Gasteiger partial charge >= 0.3 is 6.03 Å². The first kappa shape index (κ1) is 15.2. The van der Waals surface area contributed by atoms with E-state index in [-0.39, 0.29) is 24.0 Å². The second kappa shape index (κ2) is 6.16. The summed E-state index contributed by atoms with van der Waals surface area (Å²) in [6.45, 7) is 0.578. The van der Waals surface area contributed by atoms with Crippen molar-refractivity contribution in [2.45, 2.75) is 37.3 Å². The average molecular weight is 322 g/mol. The predicted octanol–water partition coefficient (Wildman–Crippen LogP) is 2.12. The molecule has 22 heavy (non-hydrogen) atoms. The normalized spacial score (nSPS) is 27.5. The number of rotatable bonds is 3. The molecule has 3 rings (SSSR count). The van der Waals surface area contributed by atoms with Crippen molar-refractivity contribution < 1.29 is 9.59 Å². The molecule has 1 aliphatic carbocycles. The van der Waals surface area contributed by atoms with Crippen LogP contribution in [0.25, 0.3) is 0 Å². The van der Waals surface area contributed by atoms with E-state index in [1.165, 1.54) is 5.56 Å². The first-order valence-corrected chi connectivity index (χ1v) is 7.97. The van der Waals surface area contributed by atoms with Gasteiger partial charge in [-0.25, -0.2) is 4.79 Å². The molecule has 3 amide bonds. The minimum absolute atomic E-state index is 0.0334. The van der Waals surface area contributed by atoms with E-state index in [0.29, 0.717) is 25.3 Å². The van der Waals surface area contributed by atoms with Gasteiger partial charge in [0, 0.05) is 43.0 Å². The molecule has 3 atom stereocenters. The first-order chi connectivity index (χ1) is 10.5. The average Bonchev–Trinajstić information content (AvgIpc) is 3.22. The molecule has 1 aromatic rings. The number of piperidine rings is 1. The van der Waals surface area contributed by atoms with Crippen molar-refractivity contribution in [1.82, 2.24) is 15.5 Å². The highest BCUT2D eigenvalue weighted by atomic mass is 35.5. The zero-order chi connectivity index (χ0) is 15.7. The molecule has 0 aromatic heterocycles. The van der Waals surface area contributed by atoms with Crippen LogP contribution >= 0.6 is 11.6 Å². The fourth-order valence-electron chi connectivity index (χ4n) is 2.99. The third kappa shape index (κ3) is 3.53. The highest BCUT2D eigenvalue weighted by Gasteiger charge is 2.39. The summed E-state index contributed by atoms with van der Waals surface area (Å²) in [6, 6.07) is 7.83. The van der Waals surface area contributed by atoms with Crippen LogP contribution in [-0.4, -0.2) is 42.5 Å². The number of carbonyl (C=O) groups is 2. The van der Waals surface area contributed by atoms with E-state index < -0.39 is 0 Å². The smallest absolute Gasteiger partial charge is 0.315 e. The van der Waals surface area contributed by atoms with E-state index in [2.05, 4.69) is 10.6 Å². The fourth-order valence-corrected chi connectivity index (χ4v) is 3.18. The zero-order valence-electron chi connectivity index (χ0n) is 12.5. The van der Waals surface area contributed by atoms with Crippen molar-refractivity contribution in [3.8, 4) is 0 Å². The number of urea groups is 1. The van der Waals surface area contributed by atoms with Gasteiger partial charge in [0.05, 0.1) is 0 Å². The van der Waals surface area contributed by atoms with Gasteiger partial charge in [-0.15, -0.1) is 0 Å². The van der Waals surface area contributed by atoms with Gasteiger partial charge in [0.2, 0.25) is 5.91 Å². The van der Waals surface area contributed by atoms with Crippen LogP contribution in [0.1, 0.15) is 30.7 Å². The van der Waals surface area contributed by atoms with E-state index >= 15 is 0 Å². The summed E-state index contributed by atoms with van der Waals surface area (Å²) in [5.74, 6) is 0.488. The quantitative estimate of drug-likeness (QED) is 0.895. The minimum atomic E-state index is -0.151. The number of hydrogen-bond acceptors (Lipinski definition) is 2. The van der Waals surface area contributed by atoms with Crippen LogP contribution in [0.2, 0.25) is 5.02 Å². The zero-order valence-corrected chi connectivity index (χ0v) is 13.3. The molecule has 1 aliphatic heterocycles. The molecule has 1 heterocycles. The molecule has 0 spiro atoms. The molecule has 0 radical (unpaired) electrons. The van der Waals surface area contributed by atoms with Crippen LogP contribution in [-0.2, 0) is 4.79 Å². The van der Waals surface area contributed by atoms with Crippen molar-refractivity contribution in [2.75, 3.05) is 13.6 Å². The predicted molar refractivity (Wildman–Crippen MR) is 84.9 cm³/mol. The third-order valence-corrected chi connectivity index (χ3v) is 4.58.